The number of nitrogens with zero attached hydrogens (tertiary/aromatic N) is 1. The number of ether oxygens (including phenoxy) is 1. The van der Waals surface area contributed by atoms with E-state index in [0.29, 0.717) is 5.41 Å². The zero-order valence-corrected chi connectivity index (χ0v) is 12.8. The van der Waals surface area contributed by atoms with Crippen LogP contribution < -0.4 is 10.6 Å². The fraction of sp³-hybridized carbons (Fsp3) is 0.909. The monoisotopic (exact) mass is 341 g/mol. The Kier molecular flexibility index (Phi) is 8.09. The molecule has 0 aromatic rings. The highest BCUT2D eigenvalue weighted by Crippen LogP contribution is 2.48. The summed E-state index contributed by atoms with van der Waals surface area (Å²) in [5, 5.41) is 6.36. The Bertz CT molecular complexity index is 217. The number of hydrogen-bond donors (Lipinski definition) is 2. The van der Waals surface area contributed by atoms with Crippen LogP contribution in [-0.2, 0) is 4.74 Å². The average molecular weight is 341 g/mol. The van der Waals surface area contributed by atoms with Gasteiger partial charge in [0.1, 0.15) is 0 Å². The summed E-state index contributed by atoms with van der Waals surface area (Å²) >= 11 is 0. The number of nitrogens with one attached hydrogen (secondary N) is 2. The fourth-order valence-electron chi connectivity index (χ4n) is 1.68. The number of guanidine groups is 1. The molecule has 1 fully saturated rings. The van der Waals surface area contributed by atoms with Gasteiger partial charge in [-0.05, 0) is 31.6 Å². The highest BCUT2D eigenvalue weighted by molar-refractivity contribution is 14.0. The van der Waals surface area contributed by atoms with Crippen LogP contribution in [0.25, 0.3) is 0 Å². The van der Waals surface area contributed by atoms with E-state index < -0.39 is 0 Å². The topological polar surface area (TPSA) is 45.6 Å². The van der Waals surface area contributed by atoms with E-state index >= 15 is 0 Å². The lowest BCUT2D eigenvalue weighted by molar-refractivity contribution is 0.128. The Hall–Kier alpha value is -0.0400. The molecule has 0 unspecified atom stereocenters. The SMILES string of the molecule is CCOCCC1(CNC(=NC)NC)CC1.I. The fourth-order valence-corrected chi connectivity index (χ4v) is 1.68. The van der Waals surface area contributed by atoms with Crippen molar-refractivity contribution in [3.63, 3.8) is 0 Å². The molecule has 0 radical (unpaired) electrons. The molecule has 1 rings (SSSR count). The molecular weight excluding hydrogens is 317 g/mol. The van der Waals surface area contributed by atoms with Gasteiger partial charge in [0.05, 0.1) is 0 Å². The van der Waals surface area contributed by atoms with Gasteiger partial charge in [0.25, 0.3) is 0 Å². The summed E-state index contributed by atoms with van der Waals surface area (Å²) in [5.74, 6) is 0.873. The molecule has 0 atom stereocenters. The van der Waals surface area contributed by atoms with Gasteiger partial charge in [-0.15, -0.1) is 24.0 Å². The van der Waals surface area contributed by atoms with Gasteiger partial charge in [-0.3, -0.25) is 4.99 Å². The molecule has 0 bridgehead atoms. The van der Waals surface area contributed by atoms with Gasteiger partial charge in [0, 0.05) is 33.9 Å². The van der Waals surface area contributed by atoms with E-state index in [0.717, 1.165) is 32.1 Å². The van der Waals surface area contributed by atoms with Crippen LogP contribution in [0.5, 0.6) is 0 Å². The third-order valence-electron chi connectivity index (χ3n) is 3.03. The molecule has 0 aromatic carbocycles. The van der Waals surface area contributed by atoms with Gasteiger partial charge in [-0.1, -0.05) is 0 Å². The number of halogens is 1. The Morgan fingerprint density at radius 2 is 2.12 bits per heavy atom. The summed E-state index contributed by atoms with van der Waals surface area (Å²) in [5.41, 5.74) is 0.474. The molecule has 0 aliphatic heterocycles. The van der Waals surface area contributed by atoms with Crippen molar-refractivity contribution in [2.75, 3.05) is 33.9 Å². The first-order valence-corrected chi connectivity index (χ1v) is 5.72. The molecule has 1 aliphatic carbocycles. The molecule has 4 nitrogen and oxygen atoms in total. The van der Waals surface area contributed by atoms with Crippen molar-refractivity contribution < 1.29 is 4.74 Å². The molecule has 1 saturated carbocycles. The quantitative estimate of drug-likeness (QED) is 0.334. The first-order valence-electron chi connectivity index (χ1n) is 5.72. The minimum Gasteiger partial charge on any atom is -0.382 e. The minimum atomic E-state index is 0. The normalized spacial score (nSPS) is 17.6. The summed E-state index contributed by atoms with van der Waals surface area (Å²) in [7, 11) is 3.67. The molecule has 5 heteroatoms. The highest BCUT2D eigenvalue weighted by Gasteiger charge is 2.41. The van der Waals surface area contributed by atoms with Crippen LogP contribution in [-0.4, -0.2) is 39.8 Å². The van der Waals surface area contributed by atoms with Gasteiger partial charge in [0.15, 0.2) is 5.96 Å². The largest absolute Gasteiger partial charge is 0.382 e. The van der Waals surface area contributed by atoms with Crippen molar-refractivity contribution in [2.24, 2.45) is 10.4 Å². The van der Waals surface area contributed by atoms with Crippen molar-refractivity contribution in [1.29, 1.82) is 0 Å². The summed E-state index contributed by atoms with van der Waals surface area (Å²) < 4.78 is 5.40. The average Bonchev–Trinajstić information content (AvgIpc) is 3.01. The maximum Gasteiger partial charge on any atom is 0.190 e. The van der Waals surface area contributed by atoms with Crippen LogP contribution in [0.2, 0.25) is 0 Å². The first-order chi connectivity index (χ1) is 7.26. The number of aliphatic imine (C=N–C) groups is 1. The van der Waals surface area contributed by atoms with E-state index in [-0.39, 0.29) is 24.0 Å². The Morgan fingerprint density at radius 1 is 1.44 bits per heavy atom. The standard InChI is InChI=1S/C11H23N3O.HI/c1-4-15-8-7-11(5-6-11)9-14-10(12-2)13-3;/h4-9H2,1-3H3,(H2,12,13,14);1H. The molecule has 0 aromatic heterocycles. The summed E-state index contributed by atoms with van der Waals surface area (Å²) in [4.78, 5) is 4.10. The van der Waals surface area contributed by atoms with Crippen LogP contribution in [0.1, 0.15) is 26.2 Å². The molecule has 0 saturated heterocycles. The minimum absolute atomic E-state index is 0. The number of hydrogen-bond acceptors (Lipinski definition) is 2. The van der Waals surface area contributed by atoms with Crippen LogP contribution >= 0.6 is 24.0 Å². The molecule has 96 valence electrons. The Labute approximate surface area is 116 Å². The highest BCUT2D eigenvalue weighted by atomic mass is 127. The van der Waals surface area contributed by atoms with Crippen LogP contribution in [0.3, 0.4) is 0 Å². The second-order valence-electron chi connectivity index (χ2n) is 4.12. The maximum atomic E-state index is 5.40. The van der Waals surface area contributed by atoms with Crippen molar-refractivity contribution in [2.45, 2.75) is 26.2 Å². The lowest BCUT2D eigenvalue weighted by Crippen LogP contribution is -2.38. The number of rotatable bonds is 6. The van der Waals surface area contributed by atoms with Gasteiger partial charge in [0.2, 0.25) is 0 Å². The van der Waals surface area contributed by atoms with Crippen LogP contribution in [0.4, 0.5) is 0 Å². The predicted molar refractivity (Wildman–Crippen MR) is 78.6 cm³/mol. The second-order valence-corrected chi connectivity index (χ2v) is 4.12. The molecule has 16 heavy (non-hydrogen) atoms. The summed E-state index contributed by atoms with van der Waals surface area (Å²) in [6.07, 6.45) is 3.79. The van der Waals surface area contributed by atoms with Crippen molar-refractivity contribution in [3.8, 4) is 0 Å². The smallest absolute Gasteiger partial charge is 0.190 e. The molecule has 0 amide bonds. The van der Waals surface area contributed by atoms with Crippen LogP contribution in [0.15, 0.2) is 4.99 Å². The second kappa shape index (κ2) is 8.11. The van der Waals surface area contributed by atoms with E-state index in [2.05, 4.69) is 15.6 Å². The van der Waals surface area contributed by atoms with Gasteiger partial charge in [-0.2, -0.15) is 0 Å². The van der Waals surface area contributed by atoms with Crippen molar-refractivity contribution in [1.82, 2.24) is 10.6 Å². The van der Waals surface area contributed by atoms with Gasteiger partial charge < -0.3 is 15.4 Å². The summed E-state index contributed by atoms with van der Waals surface area (Å²) in [6, 6.07) is 0. The Morgan fingerprint density at radius 3 is 2.56 bits per heavy atom. The van der Waals surface area contributed by atoms with E-state index in [9.17, 15) is 0 Å². The third-order valence-corrected chi connectivity index (χ3v) is 3.03. The molecule has 2 N–H and O–H groups in total. The van der Waals surface area contributed by atoms with Gasteiger partial charge in [-0.25, -0.2) is 0 Å². The predicted octanol–water partition coefficient (Wildman–Crippen LogP) is 1.61. The van der Waals surface area contributed by atoms with E-state index in [1.807, 2.05) is 14.0 Å². The summed E-state index contributed by atoms with van der Waals surface area (Å²) in [6.45, 7) is 4.76. The zero-order chi connectivity index (χ0) is 11.1. The molecule has 0 heterocycles. The maximum absolute atomic E-state index is 5.40. The lowest BCUT2D eigenvalue weighted by Gasteiger charge is -2.17. The van der Waals surface area contributed by atoms with Crippen molar-refractivity contribution >= 4 is 29.9 Å². The first kappa shape index (κ1) is 16.0. The van der Waals surface area contributed by atoms with Gasteiger partial charge >= 0.3 is 0 Å². The molecule has 0 spiro atoms. The van der Waals surface area contributed by atoms with Crippen LogP contribution in [0, 0.1) is 5.41 Å². The lowest BCUT2D eigenvalue weighted by atomic mass is 10.0. The Balaban J connectivity index is 0.00000225. The van der Waals surface area contributed by atoms with E-state index in [1.165, 1.54) is 12.8 Å². The molecular formula is C11H24IN3O. The zero-order valence-electron chi connectivity index (χ0n) is 10.5. The van der Waals surface area contributed by atoms with E-state index in [4.69, 9.17) is 4.74 Å². The van der Waals surface area contributed by atoms with E-state index in [1.54, 1.807) is 7.05 Å². The third kappa shape index (κ3) is 5.34. The molecule has 1 aliphatic rings. The van der Waals surface area contributed by atoms with Crippen molar-refractivity contribution in [3.05, 3.63) is 0 Å².